The summed E-state index contributed by atoms with van der Waals surface area (Å²) in [5.41, 5.74) is 12.0. The average molecular weight is 950 g/mol. The van der Waals surface area contributed by atoms with Crippen LogP contribution in [0.25, 0.3) is 99.9 Å². The van der Waals surface area contributed by atoms with E-state index in [0.29, 0.717) is 11.5 Å². The molecule has 6 heterocycles. The summed E-state index contributed by atoms with van der Waals surface area (Å²) in [4.78, 5) is 20.6. The number of imidazole rings is 2. The van der Waals surface area contributed by atoms with E-state index in [1.54, 1.807) is 0 Å². The molecule has 0 aliphatic carbocycles. The molecule has 0 radical (unpaired) electrons. The first-order valence-corrected chi connectivity index (χ1v) is 19.5. The molecule has 0 spiro atoms. The number of nitrogens with zero attached hydrogens (tertiary/aromatic N) is 6. The van der Waals surface area contributed by atoms with Crippen LogP contribution in [0.1, 0.15) is 0 Å². The van der Waals surface area contributed by atoms with Gasteiger partial charge in [0.15, 0.2) is 0 Å². The zero-order chi connectivity index (χ0) is 38.9. The van der Waals surface area contributed by atoms with Crippen molar-refractivity contribution < 1.29 is 25.8 Å². The van der Waals surface area contributed by atoms with Gasteiger partial charge >= 0.3 is 21.1 Å². The molecule has 0 bridgehead atoms. The molecular weight excluding hydrogens is 920 g/mol. The maximum Gasteiger partial charge on any atom is 2.00 e. The van der Waals surface area contributed by atoms with Crippen LogP contribution in [-0.4, -0.2) is 28.7 Å². The van der Waals surface area contributed by atoms with E-state index in [1.165, 1.54) is 0 Å². The Morgan fingerprint density at radius 2 is 0.883 bits per heavy atom. The third-order valence-corrected chi connectivity index (χ3v) is 11.0. The second-order valence-electron chi connectivity index (χ2n) is 14.5. The molecule has 0 fully saturated rings. The summed E-state index contributed by atoms with van der Waals surface area (Å²) < 4.78 is 11.1. The van der Waals surface area contributed by atoms with Gasteiger partial charge in [0.25, 0.3) is 0 Å². The van der Waals surface area contributed by atoms with E-state index in [1.807, 2.05) is 85.2 Å². The maximum absolute atomic E-state index is 6.71. The van der Waals surface area contributed by atoms with E-state index in [2.05, 4.69) is 118 Å². The van der Waals surface area contributed by atoms with Crippen LogP contribution in [0.3, 0.4) is 0 Å². The molecule has 0 amide bonds. The van der Waals surface area contributed by atoms with Gasteiger partial charge in [0.2, 0.25) is 0 Å². The van der Waals surface area contributed by atoms with Crippen molar-refractivity contribution in [1.82, 2.24) is 28.7 Å². The van der Waals surface area contributed by atoms with Crippen molar-refractivity contribution in [3.05, 3.63) is 194 Å². The molecule has 0 unspecified atom stereocenters. The van der Waals surface area contributed by atoms with E-state index in [9.17, 15) is 0 Å². The maximum atomic E-state index is 6.71. The number of ether oxygens (including phenoxy) is 1. The summed E-state index contributed by atoms with van der Waals surface area (Å²) in [5.74, 6) is 1.07. The minimum absolute atomic E-state index is 0. The van der Waals surface area contributed by atoms with Gasteiger partial charge < -0.3 is 13.5 Å². The second kappa shape index (κ2) is 14.4. The molecule has 8 heteroatoms. The minimum atomic E-state index is 0. The molecule has 0 N–H and O–H groups in total. The van der Waals surface area contributed by atoms with Gasteiger partial charge in [-0.1, -0.05) is 173 Å². The fourth-order valence-corrected chi connectivity index (χ4v) is 8.47. The van der Waals surface area contributed by atoms with Crippen LogP contribution in [0.2, 0.25) is 0 Å². The number of rotatable bonds is 6. The van der Waals surface area contributed by atoms with E-state index < -0.39 is 0 Å². The standard InChI is InChI=1S/C52H30N6O.Pt/c1-5-15-33(16-6-1)45-48(35-19-9-3-10-20-35)57-44-24-14-29-53-47(44)40-28-26-38(32-43(40)51(57)55-45)59-37-25-27-39-41-23-13-30-54-50(41)58-49(36-21-11-4-12-22-36)46(34-17-7-2-8-18-34)56-52(58)42(39)31-37;/h1-30H;/q-2;+2. The largest absolute Gasteiger partial charge is 2.00 e. The van der Waals surface area contributed by atoms with Crippen LogP contribution in [0, 0.1) is 12.1 Å². The van der Waals surface area contributed by atoms with E-state index in [0.717, 1.165) is 99.9 Å². The first-order valence-electron chi connectivity index (χ1n) is 19.5. The summed E-state index contributed by atoms with van der Waals surface area (Å²) in [6.07, 6.45) is 3.67. The first kappa shape index (κ1) is 35.7. The summed E-state index contributed by atoms with van der Waals surface area (Å²) in [6, 6.07) is 64.9. The number of benzene rings is 6. The molecule has 12 aromatic rings. The molecule has 6 aromatic carbocycles. The molecule has 0 saturated heterocycles. The molecule has 0 saturated carbocycles. The molecule has 0 aliphatic rings. The van der Waals surface area contributed by atoms with Gasteiger partial charge in [-0.15, -0.1) is 12.1 Å². The van der Waals surface area contributed by atoms with E-state index in [-0.39, 0.29) is 21.1 Å². The smallest absolute Gasteiger partial charge is 0.497 e. The number of fused-ring (bicyclic) bond motifs is 12. The van der Waals surface area contributed by atoms with Gasteiger partial charge in [0.05, 0.1) is 45.1 Å². The Kier molecular flexibility index (Phi) is 8.57. The number of hydrogen-bond acceptors (Lipinski definition) is 5. The van der Waals surface area contributed by atoms with Crippen molar-refractivity contribution in [2.24, 2.45) is 0 Å². The van der Waals surface area contributed by atoms with Gasteiger partial charge in [0.1, 0.15) is 5.65 Å². The number of pyridine rings is 4. The van der Waals surface area contributed by atoms with Crippen LogP contribution in [0.5, 0.6) is 11.5 Å². The van der Waals surface area contributed by atoms with Gasteiger partial charge in [-0.05, 0) is 29.1 Å². The van der Waals surface area contributed by atoms with Crippen molar-refractivity contribution in [1.29, 1.82) is 0 Å². The quantitative estimate of drug-likeness (QED) is 0.123. The Morgan fingerprint density at radius 1 is 0.400 bits per heavy atom. The zero-order valence-corrected chi connectivity index (χ0v) is 34.0. The molecule has 60 heavy (non-hydrogen) atoms. The third-order valence-electron chi connectivity index (χ3n) is 11.0. The fraction of sp³-hybridized carbons (Fsp3) is 0. The number of aromatic nitrogens is 6. The molecule has 0 atom stereocenters. The average Bonchev–Trinajstić information content (AvgIpc) is 3.92. The van der Waals surface area contributed by atoms with Crippen LogP contribution in [0.15, 0.2) is 182 Å². The predicted octanol–water partition coefficient (Wildman–Crippen LogP) is 12.4. The van der Waals surface area contributed by atoms with E-state index in [4.69, 9.17) is 24.7 Å². The van der Waals surface area contributed by atoms with Crippen molar-refractivity contribution in [3.63, 3.8) is 0 Å². The summed E-state index contributed by atoms with van der Waals surface area (Å²) >= 11 is 0. The van der Waals surface area contributed by atoms with Crippen LogP contribution in [-0.2, 0) is 21.1 Å². The molecule has 284 valence electrons. The third kappa shape index (κ3) is 5.62. The zero-order valence-electron chi connectivity index (χ0n) is 31.7. The van der Waals surface area contributed by atoms with Gasteiger partial charge in [-0.25, -0.2) is 4.98 Å². The summed E-state index contributed by atoms with van der Waals surface area (Å²) in [7, 11) is 0. The molecule has 7 nitrogen and oxygen atoms in total. The monoisotopic (exact) mass is 949 g/mol. The number of hydrogen-bond donors (Lipinski definition) is 0. The first-order chi connectivity index (χ1) is 29.3. The van der Waals surface area contributed by atoms with E-state index >= 15 is 0 Å². The Hall–Kier alpha value is -7.47. The molecule has 12 rings (SSSR count). The Labute approximate surface area is 358 Å². The van der Waals surface area contributed by atoms with Gasteiger partial charge in [0, 0.05) is 40.6 Å². The summed E-state index contributed by atoms with van der Waals surface area (Å²) in [5, 5.41) is 4.55. The Morgan fingerprint density at radius 3 is 1.48 bits per heavy atom. The van der Waals surface area contributed by atoms with Gasteiger partial charge in [-0.2, -0.15) is 0 Å². The van der Waals surface area contributed by atoms with Crippen molar-refractivity contribution in [2.75, 3.05) is 0 Å². The fourth-order valence-electron chi connectivity index (χ4n) is 8.47. The topological polar surface area (TPSA) is 69.6 Å². The SMILES string of the molecule is [Pt+2].[c-]1c(Oc2[c-]c3c(cc2)c2cccnc2n2c(-c4ccccc4)c(-c4ccccc4)nc32)ccc2c1c1nc(-c3ccccc3)c(-c3ccccc3)n1c1cccnc21. The Bertz CT molecular complexity index is 3330. The van der Waals surface area contributed by atoms with Crippen molar-refractivity contribution >= 4 is 54.9 Å². The van der Waals surface area contributed by atoms with Gasteiger partial charge in [-0.3, -0.25) is 15.0 Å². The normalized spacial score (nSPS) is 11.5. The van der Waals surface area contributed by atoms with Crippen LogP contribution in [0.4, 0.5) is 0 Å². The van der Waals surface area contributed by atoms with Crippen LogP contribution < -0.4 is 4.74 Å². The van der Waals surface area contributed by atoms with Crippen molar-refractivity contribution in [2.45, 2.75) is 0 Å². The molecule has 0 aliphatic heterocycles. The Balaban J connectivity index is 0.00000408. The predicted molar refractivity (Wildman–Crippen MR) is 235 cm³/mol. The summed E-state index contributed by atoms with van der Waals surface area (Å²) in [6.45, 7) is 0. The van der Waals surface area contributed by atoms with Crippen LogP contribution >= 0.6 is 0 Å². The second-order valence-corrected chi connectivity index (χ2v) is 14.5. The molecule has 6 aromatic heterocycles. The minimum Gasteiger partial charge on any atom is -0.497 e. The van der Waals surface area contributed by atoms with Crippen molar-refractivity contribution in [3.8, 4) is 56.5 Å². The molecular formula is C52H30N6OPt.